The Labute approximate surface area is 95.7 Å². The van der Waals surface area contributed by atoms with Gasteiger partial charge in [0.25, 0.3) is 5.78 Å². The summed E-state index contributed by atoms with van der Waals surface area (Å²) in [4.78, 5) is 8.25. The fourth-order valence-corrected chi connectivity index (χ4v) is 1.52. The number of nitrogens with zero attached hydrogens (tertiary/aromatic N) is 4. The molecule has 1 aromatic carbocycles. The molecule has 5 nitrogen and oxygen atoms in total. The van der Waals surface area contributed by atoms with Crippen molar-refractivity contribution in [2.75, 3.05) is 5.73 Å². The molecule has 0 bridgehead atoms. The number of fused-ring (bicyclic) bond motifs is 1. The van der Waals surface area contributed by atoms with E-state index >= 15 is 0 Å². The molecule has 0 radical (unpaired) electrons. The standard InChI is InChI=1S/C11H8FN5/c12-8-3-1-7(2-4-8)10-15-11-14-5-9(13)6-17(11)16-10/h1-6H,13H2. The monoisotopic (exact) mass is 229 g/mol. The van der Waals surface area contributed by atoms with Crippen LogP contribution in [0.1, 0.15) is 0 Å². The number of rotatable bonds is 1. The average Bonchev–Trinajstić information content (AvgIpc) is 2.72. The molecule has 0 amide bonds. The third-order valence-corrected chi connectivity index (χ3v) is 2.32. The van der Waals surface area contributed by atoms with Gasteiger partial charge in [0.05, 0.1) is 18.1 Å². The molecule has 0 unspecified atom stereocenters. The Balaban J connectivity index is 2.14. The summed E-state index contributed by atoms with van der Waals surface area (Å²) in [6.07, 6.45) is 3.14. The van der Waals surface area contributed by atoms with Gasteiger partial charge in [-0.3, -0.25) is 0 Å². The van der Waals surface area contributed by atoms with Crippen LogP contribution >= 0.6 is 0 Å². The molecule has 0 atom stereocenters. The smallest absolute Gasteiger partial charge is 0.252 e. The Morgan fingerprint density at radius 2 is 1.94 bits per heavy atom. The second-order valence-corrected chi connectivity index (χ2v) is 3.57. The second kappa shape index (κ2) is 3.51. The van der Waals surface area contributed by atoms with Gasteiger partial charge < -0.3 is 5.73 Å². The number of anilines is 1. The van der Waals surface area contributed by atoms with E-state index in [1.807, 2.05) is 0 Å². The van der Waals surface area contributed by atoms with Crippen molar-refractivity contribution < 1.29 is 4.39 Å². The van der Waals surface area contributed by atoms with E-state index in [1.54, 1.807) is 18.3 Å². The molecule has 0 aliphatic heterocycles. The van der Waals surface area contributed by atoms with Gasteiger partial charge in [-0.15, -0.1) is 5.10 Å². The summed E-state index contributed by atoms with van der Waals surface area (Å²) in [5.41, 5.74) is 6.83. The maximum Gasteiger partial charge on any atom is 0.252 e. The quantitative estimate of drug-likeness (QED) is 0.686. The largest absolute Gasteiger partial charge is 0.396 e. The molecule has 17 heavy (non-hydrogen) atoms. The van der Waals surface area contributed by atoms with E-state index in [9.17, 15) is 4.39 Å². The lowest BCUT2D eigenvalue weighted by molar-refractivity contribution is 0.628. The maximum atomic E-state index is 12.8. The van der Waals surface area contributed by atoms with E-state index in [4.69, 9.17) is 5.73 Å². The summed E-state index contributed by atoms with van der Waals surface area (Å²) in [6.45, 7) is 0. The fraction of sp³-hybridized carbons (Fsp3) is 0. The van der Waals surface area contributed by atoms with Gasteiger partial charge in [-0.05, 0) is 24.3 Å². The van der Waals surface area contributed by atoms with E-state index < -0.39 is 0 Å². The summed E-state index contributed by atoms with van der Waals surface area (Å²) in [5.74, 6) is 0.654. The van der Waals surface area contributed by atoms with Crippen LogP contribution in [0.2, 0.25) is 0 Å². The highest BCUT2D eigenvalue weighted by Crippen LogP contribution is 2.16. The SMILES string of the molecule is Nc1cnc2nc(-c3ccc(F)cc3)nn2c1. The van der Waals surface area contributed by atoms with Crippen LogP contribution in [-0.4, -0.2) is 19.6 Å². The molecule has 0 fully saturated rings. The third-order valence-electron chi connectivity index (χ3n) is 2.32. The minimum absolute atomic E-state index is 0.292. The lowest BCUT2D eigenvalue weighted by Gasteiger charge is -1.93. The van der Waals surface area contributed by atoms with E-state index in [-0.39, 0.29) is 5.82 Å². The molecule has 3 aromatic rings. The minimum atomic E-state index is -0.292. The van der Waals surface area contributed by atoms with Crippen molar-refractivity contribution in [2.45, 2.75) is 0 Å². The number of hydrogen-bond donors (Lipinski definition) is 1. The third kappa shape index (κ3) is 1.69. The highest BCUT2D eigenvalue weighted by molar-refractivity contribution is 5.57. The van der Waals surface area contributed by atoms with Crippen molar-refractivity contribution >= 4 is 11.5 Å². The first-order chi connectivity index (χ1) is 8.22. The second-order valence-electron chi connectivity index (χ2n) is 3.57. The predicted octanol–water partition coefficient (Wildman–Crippen LogP) is 1.51. The van der Waals surface area contributed by atoms with Crippen molar-refractivity contribution in [3.8, 4) is 11.4 Å². The number of nitrogens with two attached hydrogens (primary N) is 1. The molecule has 84 valence electrons. The van der Waals surface area contributed by atoms with Gasteiger partial charge in [0, 0.05) is 5.56 Å². The molecular weight excluding hydrogens is 221 g/mol. The Morgan fingerprint density at radius 3 is 2.71 bits per heavy atom. The van der Waals surface area contributed by atoms with Crippen LogP contribution in [0.25, 0.3) is 17.2 Å². The molecular formula is C11H8FN5. The van der Waals surface area contributed by atoms with Crippen LogP contribution in [0.5, 0.6) is 0 Å². The average molecular weight is 229 g/mol. The van der Waals surface area contributed by atoms with Crippen LogP contribution < -0.4 is 5.73 Å². The number of hydrogen-bond acceptors (Lipinski definition) is 4. The molecule has 0 saturated heterocycles. The molecule has 0 saturated carbocycles. The van der Waals surface area contributed by atoms with Gasteiger partial charge in [0.2, 0.25) is 0 Å². The minimum Gasteiger partial charge on any atom is -0.396 e. The van der Waals surface area contributed by atoms with Gasteiger partial charge in [-0.2, -0.15) is 4.98 Å². The molecule has 0 aliphatic rings. The zero-order chi connectivity index (χ0) is 11.8. The van der Waals surface area contributed by atoms with Crippen molar-refractivity contribution in [3.63, 3.8) is 0 Å². The summed E-state index contributed by atoms with van der Waals surface area (Å²) >= 11 is 0. The molecule has 6 heteroatoms. The van der Waals surface area contributed by atoms with E-state index in [0.717, 1.165) is 5.56 Å². The van der Waals surface area contributed by atoms with Gasteiger partial charge in [0.15, 0.2) is 5.82 Å². The number of aromatic nitrogens is 4. The Kier molecular flexibility index (Phi) is 2.01. The molecule has 3 rings (SSSR count). The number of benzene rings is 1. The first kappa shape index (κ1) is 9.71. The zero-order valence-electron chi connectivity index (χ0n) is 8.71. The van der Waals surface area contributed by atoms with Crippen LogP contribution in [0.4, 0.5) is 10.1 Å². The van der Waals surface area contributed by atoms with Gasteiger partial charge >= 0.3 is 0 Å². The summed E-state index contributed by atoms with van der Waals surface area (Å²) in [5, 5.41) is 4.21. The van der Waals surface area contributed by atoms with Crippen molar-refractivity contribution in [1.82, 2.24) is 19.6 Å². The Morgan fingerprint density at radius 1 is 1.18 bits per heavy atom. The lowest BCUT2D eigenvalue weighted by Crippen LogP contribution is -1.94. The highest BCUT2D eigenvalue weighted by Gasteiger charge is 2.07. The van der Waals surface area contributed by atoms with Crippen molar-refractivity contribution in [2.24, 2.45) is 0 Å². The summed E-state index contributed by atoms with van der Waals surface area (Å²) in [7, 11) is 0. The van der Waals surface area contributed by atoms with Crippen LogP contribution in [0.15, 0.2) is 36.7 Å². The van der Waals surface area contributed by atoms with Crippen LogP contribution in [0.3, 0.4) is 0 Å². The van der Waals surface area contributed by atoms with Gasteiger partial charge in [-0.25, -0.2) is 13.9 Å². The van der Waals surface area contributed by atoms with Crippen molar-refractivity contribution in [3.05, 3.63) is 42.5 Å². The first-order valence-electron chi connectivity index (χ1n) is 4.96. The van der Waals surface area contributed by atoms with E-state index in [2.05, 4.69) is 15.1 Å². The van der Waals surface area contributed by atoms with Crippen LogP contribution in [0, 0.1) is 5.82 Å². The maximum absolute atomic E-state index is 12.8. The number of halogens is 1. The summed E-state index contributed by atoms with van der Waals surface area (Å²) in [6, 6.07) is 5.96. The van der Waals surface area contributed by atoms with Crippen molar-refractivity contribution in [1.29, 1.82) is 0 Å². The summed E-state index contributed by atoms with van der Waals surface area (Å²) < 4.78 is 14.3. The molecule has 0 spiro atoms. The highest BCUT2D eigenvalue weighted by atomic mass is 19.1. The first-order valence-corrected chi connectivity index (χ1v) is 4.96. The van der Waals surface area contributed by atoms with Gasteiger partial charge in [-0.1, -0.05) is 0 Å². The van der Waals surface area contributed by atoms with Crippen LogP contribution in [-0.2, 0) is 0 Å². The zero-order valence-corrected chi connectivity index (χ0v) is 8.71. The van der Waals surface area contributed by atoms with E-state index in [1.165, 1.54) is 22.8 Å². The van der Waals surface area contributed by atoms with Gasteiger partial charge in [0.1, 0.15) is 5.82 Å². The fourth-order valence-electron chi connectivity index (χ4n) is 1.52. The number of nitrogen functional groups attached to an aromatic ring is 1. The normalized spacial score (nSPS) is 10.9. The van der Waals surface area contributed by atoms with E-state index in [0.29, 0.717) is 17.3 Å². The topological polar surface area (TPSA) is 69.1 Å². The molecule has 2 aromatic heterocycles. The molecule has 0 aliphatic carbocycles. The predicted molar refractivity (Wildman–Crippen MR) is 60.6 cm³/mol. The lowest BCUT2D eigenvalue weighted by atomic mass is 10.2. The molecule has 2 N–H and O–H groups in total. The Bertz CT molecular complexity index is 674. The molecule has 2 heterocycles. The Hall–Kier alpha value is -2.50.